The second-order valence-electron chi connectivity index (χ2n) is 3.05. The predicted molar refractivity (Wildman–Crippen MR) is 59.6 cm³/mol. The first-order valence-electron chi connectivity index (χ1n) is 4.78. The maximum atomic E-state index is 11.3. The van der Waals surface area contributed by atoms with Crippen LogP contribution in [0.2, 0.25) is 5.02 Å². The minimum absolute atomic E-state index is 0.222. The first-order valence-corrected chi connectivity index (χ1v) is 5.16. The van der Waals surface area contributed by atoms with Crippen molar-refractivity contribution >= 4 is 17.6 Å². The molecule has 0 spiro atoms. The van der Waals surface area contributed by atoms with Crippen LogP contribution in [0.1, 0.15) is 18.6 Å². The molecule has 0 saturated heterocycles. The Kier molecular flexibility index (Phi) is 4.58. The fourth-order valence-electron chi connectivity index (χ4n) is 1.21. The van der Waals surface area contributed by atoms with Gasteiger partial charge in [0.05, 0.1) is 18.7 Å². The first-order chi connectivity index (χ1) is 7.60. The molecule has 0 saturated carbocycles. The molecule has 0 aliphatic heterocycles. The van der Waals surface area contributed by atoms with Crippen LogP contribution in [0.25, 0.3) is 0 Å². The highest BCUT2D eigenvalue weighted by atomic mass is 35.5. The first kappa shape index (κ1) is 12.8. The Bertz CT molecular complexity index is 378. The number of hydrogen-bond acceptors (Lipinski definition) is 4. The zero-order valence-electron chi connectivity index (χ0n) is 9.07. The number of carbonyl (C=O) groups excluding carboxylic acids is 1. The van der Waals surface area contributed by atoms with Crippen molar-refractivity contribution in [3.63, 3.8) is 0 Å². The Balaban J connectivity index is 2.88. The highest BCUT2D eigenvalue weighted by Gasteiger charge is 2.19. The van der Waals surface area contributed by atoms with Crippen LogP contribution in [-0.4, -0.2) is 24.8 Å². The number of carbonyl (C=O) groups is 1. The lowest BCUT2D eigenvalue weighted by molar-refractivity contribution is -0.153. The van der Waals surface area contributed by atoms with E-state index >= 15 is 0 Å². The molecule has 1 unspecified atom stereocenters. The molecule has 0 aromatic heterocycles. The number of methoxy groups -OCH3 is 1. The fraction of sp³-hybridized carbons (Fsp3) is 0.364. The summed E-state index contributed by atoms with van der Waals surface area (Å²) in [7, 11) is 1.49. The second kappa shape index (κ2) is 5.72. The summed E-state index contributed by atoms with van der Waals surface area (Å²) in [6.07, 6.45) is -1.32. The van der Waals surface area contributed by atoms with Gasteiger partial charge in [0, 0.05) is 0 Å². The number of halogens is 1. The number of hydrogen-bond donors (Lipinski definition) is 1. The van der Waals surface area contributed by atoms with Gasteiger partial charge in [-0.15, -0.1) is 0 Å². The normalized spacial score (nSPS) is 12.0. The van der Waals surface area contributed by atoms with E-state index in [9.17, 15) is 9.90 Å². The molecule has 5 heteroatoms. The van der Waals surface area contributed by atoms with Crippen LogP contribution >= 0.6 is 11.6 Å². The monoisotopic (exact) mass is 244 g/mol. The molecule has 0 radical (unpaired) electrons. The van der Waals surface area contributed by atoms with E-state index in [-0.39, 0.29) is 6.61 Å². The van der Waals surface area contributed by atoms with Gasteiger partial charge in [0.1, 0.15) is 5.75 Å². The molecular formula is C11H13ClO4. The van der Waals surface area contributed by atoms with Crippen molar-refractivity contribution < 1.29 is 19.4 Å². The lowest BCUT2D eigenvalue weighted by Gasteiger charge is -2.11. The smallest absolute Gasteiger partial charge is 0.339 e. The van der Waals surface area contributed by atoms with Crippen LogP contribution in [-0.2, 0) is 9.53 Å². The van der Waals surface area contributed by atoms with Crippen molar-refractivity contribution in [2.24, 2.45) is 0 Å². The summed E-state index contributed by atoms with van der Waals surface area (Å²) in [4.78, 5) is 11.3. The molecule has 4 nitrogen and oxygen atoms in total. The molecule has 16 heavy (non-hydrogen) atoms. The molecule has 0 heterocycles. The zero-order chi connectivity index (χ0) is 12.1. The Hall–Kier alpha value is -1.26. The average molecular weight is 245 g/mol. The van der Waals surface area contributed by atoms with Gasteiger partial charge < -0.3 is 14.6 Å². The van der Waals surface area contributed by atoms with Crippen molar-refractivity contribution in [1.82, 2.24) is 0 Å². The number of ether oxygens (including phenoxy) is 2. The maximum absolute atomic E-state index is 11.3. The largest absolute Gasteiger partial charge is 0.495 e. The summed E-state index contributed by atoms with van der Waals surface area (Å²) in [6.45, 7) is 1.89. The fourth-order valence-corrected chi connectivity index (χ4v) is 1.48. The zero-order valence-corrected chi connectivity index (χ0v) is 9.82. The third-order valence-corrected chi connectivity index (χ3v) is 2.30. The van der Waals surface area contributed by atoms with Crippen LogP contribution in [0.5, 0.6) is 5.75 Å². The van der Waals surface area contributed by atoms with E-state index in [1.165, 1.54) is 13.2 Å². The maximum Gasteiger partial charge on any atom is 0.339 e. The minimum atomic E-state index is -1.32. The summed E-state index contributed by atoms with van der Waals surface area (Å²) in [5.41, 5.74) is 0.379. The van der Waals surface area contributed by atoms with Gasteiger partial charge in [-0.25, -0.2) is 4.79 Å². The van der Waals surface area contributed by atoms with Gasteiger partial charge >= 0.3 is 5.97 Å². The van der Waals surface area contributed by atoms with Crippen LogP contribution in [0.3, 0.4) is 0 Å². The summed E-state index contributed by atoms with van der Waals surface area (Å²) in [5.74, 6) is -0.204. The minimum Gasteiger partial charge on any atom is -0.495 e. The molecule has 0 aliphatic carbocycles. The van der Waals surface area contributed by atoms with E-state index in [1.807, 2.05) is 0 Å². The number of aliphatic hydroxyl groups excluding tert-OH is 1. The summed E-state index contributed by atoms with van der Waals surface area (Å²) < 4.78 is 9.65. The van der Waals surface area contributed by atoms with Crippen molar-refractivity contribution in [3.05, 3.63) is 28.8 Å². The lowest BCUT2D eigenvalue weighted by atomic mass is 10.1. The third kappa shape index (κ3) is 2.87. The molecule has 1 aromatic carbocycles. The highest BCUT2D eigenvalue weighted by molar-refractivity contribution is 6.32. The highest BCUT2D eigenvalue weighted by Crippen LogP contribution is 2.27. The second-order valence-corrected chi connectivity index (χ2v) is 3.46. The average Bonchev–Trinajstić information content (AvgIpc) is 2.28. The Morgan fingerprint density at radius 3 is 2.75 bits per heavy atom. The summed E-state index contributed by atoms with van der Waals surface area (Å²) >= 11 is 5.87. The van der Waals surface area contributed by atoms with Gasteiger partial charge in [-0.1, -0.05) is 17.7 Å². The molecule has 88 valence electrons. The van der Waals surface area contributed by atoms with E-state index in [2.05, 4.69) is 0 Å². The number of esters is 1. The molecule has 0 aliphatic rings. The van der Waals surface area contributed by atoms with E-state index in [0.29, 0.717) is 16.3 Å². The molecule has 0 bridgehead atoms. The third-order valence-electron chi connectivity index (χ3n) is 2.00. The van der Waals surface area contributed by atoms with E-state index in [0.717, 1.165) is 0 Å². The number of rotatable bonds is 4. The molecule has 1 atom stereocenters. The number of benzene rings is 1. The molecule has 1 rings (SSSR count). The Labute approximate surface area is 98.7 Å². The Morgan fingerprint density at radius 1 is 1.56 bits per heavy atom. The van der Waals surface area contributed by atoms with Gasteiger partial charge in [-0.2, -0.15) is 0 Å². The van der Waals surface area contributed by atoms with E-state index in [4.69, 9.17) is 21.1 Å². The van der Waals surface area contributed by atoms with Crippen LogP contribution in [0.15, 0.2) is 18.2 Å². The van der Waals surface area contributed by atoms with Crippen molar-refractivity contribution in [2.45, 2.75) is 13.0 Å². The molecule has 1 N–H and O–H groups in total. The van der Waals surface area contributed by atoms with Crippen LogP contribution in [0, 0.1) is 0 Å². The standard InChI is InChI=1S/C11H13ClO4/c1-3-16-11(14)10(13)7-4-5-9(15-2)8(12)6-7/h4-6,10,13H,3H2,1-2H3. The lowest BCUT2D eigenvalue weighted by Crippen LogP contribution is -2.15. The van der Waals surface area contributed by atoms with E-state index in [1.54, 1.807) is 19.1 Å². The van der Waals surface area contributed by atoms with Gasteiger partial charge in [-0.05, 0) is 24.6 Å². The SMILES string of the molecule is CCOC(=O)C(O)c1ccc(OC)c(Cl)c1. The summed E-state index contributed by atoms with van der Waals surface area (Å²) in [6, 6.07) is 4.62. The number of aliphatic hydroxyl groups is 1. The van der Waals surface area contributed by atoms with E-state index < -0.39 is 12.1 Å². The predicted octanol–water partition coefficient (Wildman–Crippen LogP) is 1.95. The molecular weight excluding hydrogens is 232 g/mol. The van der Waals surface area contributed by atoms with Gasteiger partial charge in [0.2, 0.25) is 0 Å². The van der Waals surface area contributed by atoms with Gasteiger partial charge in [0.25, 0.3) is 0 Å². The molecule has 0 fully saturated rings. The quantitative estimate of drug-likeness (QED) is 0.823. The van der Waals surface area contributed by atoms with Crippen molar-refractivity contribution in [1.29, 1.82) is 0 Å². The van der Waals surface area contributed by atoms with Crippen molar-refractivity contribution in [3.8, 4) is 5.75 Å². The van der Waals surface area contributed by atoms with Crippen LogP contribution in [0.4, 0.5) is 0 Å². The topological polar surface area (TPSA) is 55.8 Å². The van der Waals surface area contributed by atoms with Gasteiger partial charge in [-0.3, -0.25) is 0 Å². The summed E-state index contributed by atoms with van der Waals surface area (Å²) in [5, 5.41) is 9.97. The molecule has 1 aromatic rings. The van der Waals surface area contributed by atoms with Crippen LogP contribution < -0.4 is 4.74 Å². The molecule has 0 amide bonds. The Morgan fingerprint density at radius 2 is 2.25 bits per heavy atom. The van der Waals surface area contributed by atoms with Gasteiger partial charge in [0.15, 0.2) is 6.10 Å². The van der Waals surface area contributed by atoms with Crippen molar-refractivity contribution in [2.75, 3.05) is 13.7 Å².